The van der Waals surface area contributed by atoms with E-state index in [1.807, 2.05) is 0 Å². The first kappa shape index (κ1) is 31.3. The highest BCUT2D eigenvalue weighted by atomic mass is 31.2. The monoisotopic (exact) mass is 691 g/mol. The molecule has 46 heavy (non-hydrogen) atoms. The molecule has 0 radical (unpaired) electrons. The molecule has 0 spiro atoms. The van der Waals surface area contributed by atoms with Crippen LogP contribution >= 0.6 is 15.4 Å². The number of anilines is 1. The molecule has 7 rings (SSSR count). The van der Waals surface area contributed by atoms with Gasteiger partial charge in [0.15, 0.2) is 47.4 Å². The van der Waals surface area contributed by atoms with Crippen molar-refractivity contribution in [2.75, 3.05) is 25.3 Å². The van der Waals surface area contributed by atoms with Crippen molar-refractivity contribution in [3.63, 3.8) is 0 Å². The van der Waals surface area contributed by atoms with Gasteiger partial charge in [-0.05, 0) is 6.92 Å². The van der Waals surface area contributed by atoms with Gasteiger partial charge < -0.3 is 39.2 Å². The zero-order valence-electron chi connectivity index (χ0n) is 23.4. The van der Waals surface area contributed by atoms with E-state index in [4.69, 9.17) is 33.5 Å². The van der Waals surface area contributed by atoms with E-state index >= 15 is 8.78 Å². The van der Waals surface area contributed by atoms with Crippen molar-refractivity contribution in [1.82, 2.24) is 39.0 Å². The maximum Gasteiger partial charge on any atom is 0.472 e. The number of nitrogen functional groups attached to an aromatic ring is 1. The summed E-state index contributed by atoms with van der Waals surface area (Å²) < 4.78 is 92.4. The molecule has 3 aliphatic heterocycles. The zero-order valence-corrected chi connectivity index (χ0v) is 25.2. The number of hydrogen-bond donors (Lipinski definition) is 4. The van der Waals surface area contributed by atoms with Crippen molar-refractivity contribution in [1.29, 1.82) is 0 Å². The Balaban J connectivity index is 1.16. The summed E-state index contributed by atoms with van der Waals surface area (Å²) in [4.78, 5) is 55.9. The molecule has 3 fully saturated rings. The van der Waals surface area contributed by atoms with E-state index in [0.29, 0.717) is 0 Å². The number of ether oxygens (including phenoxy) is 3. The summed E-state index contributed by atoms with van der Waals surface area (Å²) in [5.74, 6) is 0.202. The first-order valence-electron chi connectivity index (χ1n) is 13.5. The first-order valence-corrected chi connectivity index (χ1v) is 16.8. The number of imidazole rings is 2. The van der Waals surface area contributed by atoms with Gasteiger partial charge in [0.25, 0.3) is 5.56 Å². The number of aromatic nitrogens is 8. The zero-order chi connectivity index (χ0) is 32.5. The van der Waals surface area contributed by atoms with Gasteiger partial charge in [-0.15, -0.1) is 0 Å². The molecule has 3 saturated heterocycles. The number of nitrogens with zero attached hydrogens (tertiary/aromatic N) is 7. The molecule has 0 saturated carbocycles. The standard InChI is InChI=1S/C22H25F2N9O11P2/c1-8-30-19-14(20(34)31-8)29-6-33(19)21-11(23)15-9(42-21)3-41-46(37,38)44-16-10(2-40-45(35,36)7-39-15)43-22(12(16)24)32-5-28-13-17(25)26-4-27-18(13)32/h4-6,9-12,15-16,21-22H,2-3,7H2,1H3,(H,35,36)(H,37,38)(H2,25,26,27)(H,30,31,34)/t9-,10-,11+,12+,15?,16?,21-,22-/m1/s1. The normalized spacial score (nSPS) is 37.4. The van der Waals surface area contributed by atoms with Crippen LogP contribution in [-0.2, 0) is 36.9 Å². The molecule has 0 aliphatic carbocycles. The Labute approximate surface area is 254 Å². The maximum atomic E-state index is 15.9. The molecule has 248 valence electrons. The maximum absolute atomic E-state index is 15.9. The average molecular weight is 691 g/mol. The van der Waals surface area contributed by atoms with Gasteiger partial charge in [-0.1, -0.05) is 0 Å². The number of hydrogen-bond acceptors (Lipinski definition) is 15. The molecule has 4 unspecified atom stereocenters. The van der Waals surface area contributed by atoms with Gasteiger partial charge in [-0.25, -0.2) is 38.3 Å². The van der Waals surface area contributed by atoms with Crippen LogP contribution in [0.4, 0.5) is 14.6 Å². The van der Waals surface area contributed by atoms with Crippen LogP contribution in [0.25, 0.3) is 22.3 Å². The van der Waals surface area contributed by atoms with Crippen molar-refractivity contribution in [3.8, 4) is 0 Å². The molecular formula is C22H25F2N9O11P2. The van der Waals surface area contributed by atoms with Crippen LogP contribution in [-0.4, -0.2) is 105 Å². The number of alkyl halides is 2. The lowest BCUT2D eigenvalue weighted by Crippen LogP contribution is -2.35. The summed E-state index contributed by atoms with van der Waals surface area (Å²) in [7, 11) is -9.86. The van der Waals surface area contributed by atoms with Crippen LogP contribution in [0.15, 0.2) is 23.8 Å². The quantitative estimate of drug-likeness (QED) is 0.207. The number of aryl methyl sites for hydroxylation is 1. The summed E-state index contributed by atoms with van der Waals surface area (Å²) in [6, 6.07) is 0. The number of phosphoric ester groups is 1. The van der Waals surface area contributed by atoms with Gasteiger partial charge in [0.2, 0.25) is 0 Å². The van der Waals surface area contributed by atoms with Crippen LogP contribution in [0, 0.1) is 6.92 Å². The second-order valence-electron chi connectivity index (χ2n) is 10.6. The highest BCUT2D eigenvalue weighted by Gasteiger charge is 2.53. The van der Waals surface area contributed by atoms with Crippen molar-refractivity contribution in [3.05, 3.63) is 35.2 Å². The van der Waals surface area contributed by atoms with Crippen molar-refractivity contribution < 1.29 is 55.5 Å². The van der Waals surface area contributed by atoms with E-state index in [2.05, 4.69) is 29.9 Å². The number of aromatic amines is 1. The van der Waals surface area contributed by atoms with E-state index in [1.165, 1.54) is 6.92 Å². The van der Waals surface area contributed by atoms with Crippen LogP contribution < -0.4 is 11.3 Å². The molecule has 4 aromatic heterocycles. The average Bonchev–Trinajstić information content (AvgIpc) is 3.75. The van der Waals surface area contributed by atoms with Crippen LogP contribution in [0.1, 0.15) is 18.3 Å². The number of nitrogens with one attached hydrogen (secondary N) is 1. The third kappa shape index (κ3) is 5.53. The van der Waals surface area contributed by atoms with Gasteiger partial charge >= 0.3 is 15.4 Å². The summed E-state index contributed by atoms with van der Waals surface area (Å²) in [5.41, 5.74) is 5.26. The third-order valence-corrected chi connectivity index (χ3v) is 9.56. The van der Waals surface area contributed by atoms with Gasteiger partial charge in [0, 0.05) is 0 Å². The largest absolute Gasteiger partial charge is 0.472 e. The topological polar surface area (TPSA) is 263 Å². The Bertz CT molecular complexity index is 1960. The molecular weight excluding hydrogens is 666 g/mol. The van der Waals surface area contributed by atoms with E-state index in [0.717, 1.165) is 28.1 Å². The fourth-order valence-corrected chi connectivity index (χ4v) is 7.24. The van der Waals surface area contributed by atoms with Gasteiger partial charge in [-0.2, -0.15) is 0 Å². The van der Waals surface area contributed by atoms with Crippen LogP contribution in [0.5, 0.6) is 0 Å². The first-order chi connectivity index (χ1) is 21.8. The van der Waals surface area contributed by atoms with E-state index < -0.39 is 89.8 Å². The van der Waals surface area contributed by atoms with E-state index in [-0.39, 0.29) is 34.0 Å². The molecule has 0 aromatic carbocycles. The molecule has 20 nitrogen and oxygen atoms in total. The lowest BCUT2D eigenvalue weighted by Gasteiger charge is -2.23. The number of halogens is 2. The second kappa shape index (κ2) is 11.4. The lowest BCUT2D eigenvalue weighted by molar-refractivity contribution is -0.0580. The highest BCUT2D eigenvalue weighted by Crippen LogP contribution is 2.52. The third-order valence-electron chi connectivity index (χ3n) is 7.55. The molecule has 24 heteroatoms. The molecule has 3 aliphatic rings. The Morgan fingerprint density at radius 2 is 1.57 bits per heavy atom. The Hall–Kier alpha value is -3.30. The number of fused-ring (bicyclic) bond motifs is 4. The molecule has 0 amide bonds. The van der Waals surface area contributed by atoms with Gasteiger partial charge in [0.1, 0.15) is 48.4 Å². The van der Waals surface area contributed by atoms with Crippen LogP contribution in [0.2, 0.25) is 0 Å². The fraction of sp³-hybridized carbons (Fsp3) is 0.545. The van der Waals surface area contributed by atoms with Crippen molar-refractivity contribution >= 4 is 43.6 Å². The SMILES string of the molecule is Cc1nc2c(ncn2[C@@H]2O[C@@H]3COP(=O)(O)OC4[C@@H](COP(=O)(O)COC3[C@@H]2F)O[C@@H](n2cnc3c(N)ncnc32)[C@H]4F)c(=O)[nH]1. The summed E-state index contributed by atoms with van der Waals surface area (Å²) in [6.07, 6.45) is -11.7. The minimum atomic E-state index is -5.16. The van der Waals surface area contributed by atoms with Crippen molar-refractivity contribution in [2.45, 2.75) is 56.1 Å². The summed E-state index contributed by atoms with van der Waals surface area (Å²) in [6.45, 7) is -0.182. The predicted molar refractivity (Wildman–Crippen MR) is 146 cm³/mol. The van der Waals surface area contributed by atoms with Crippen LogP contribution in [0.3, 0.4) is 0 Å². The smallest absolute Gasteiger partial charge is 0.382 e. The van der Waals surface area contributed by atoms with E-state index in [9.17, 15) is 23.7 Å². The molecule has 5 N–H and O–H groups in total. The molecule has 4 aromatic rings. The number of nitrogens with two attached hydrogens (primary N) is 1. The summed E-state index contributed by atoms with van der Waals surface area (Å²) >= 11 is 0. The van der Waals surface area contributed by atoms with Gasteiger partial charge in [-0.3, -0.25) is 27.5 Å². The van der Waals surface area contributed by atoms with Gasteiger partial charge in [0.05, 0.1) is 25.9 Å². The number of rotatable bonds is 2. The minimum Gasteiger partial charge on any atom is -0.382 e. The number of phosphoric acid groups is 1. The highest BCUT2D eigenvalue weighted by molar-refractivity contribution is 7.52. The second-order valence-corrected chi connectivity index (χ2v) is 13.8. The predicted octanol–water partition coefficient (Wildman–Crippen LogP) is 0.382. The van der Waals surface area contributed by atoms with Crippen molar-refractivity contribution in [2.24, 2.45) is 0 Å². The number of H-pyrrole nitrogens is 1. The Morgan fingerprint density at radius 3 is 2.30 bits per heavy atom. The molecule has 7 heterocycles. The van der Waals surface area contributed by atoms with E-state index in [1.54, 1.807) is 0 Å². The summed E-state index contributed by atoms with van der Waals surface area (Å²) in [5, 5.41) is 0. The minimum absolute atomic E-state index is 0.000211. The Morgan fingerprint density at radius 1 is 0.935 bits per heavy atom. The molecule has 10 atom stereocenters. The fourth-order valence-electron chi connectivity index (χ4n) is 5.47. The lowest BCUT2D eigenvalue weighted by atomic mass is 10.1. The Kier molecular flexibility index (Phi) is 7.79. The molecule has 0 bridgehead atoms.